The smallest absolute Gasteiger partial charge is 0.387 e. The van der Waals surface area contributed by atoms with E-state index in [0.717, 1.165) is 11.1 Å². The summed E-state index contributed by atoms with van der Waals surface area (Å²) in [7, 11) is 0. The van der Waals surface area contributed by atoms with E-state index in [1.54, 1.807) is 12.1 Å². The molecule has 29 heavy (non-hydrogen) atoms. The molecule has 0 aromatic heterocycles. The highest BCUT2D eigenvalue weighted by atomic mass is 19.3. The molecule has 0 saturated heterocycles. The zero-order chi connectivity index (χ0) is 21.1. The number of nitrogens with one attached hydrogen (secondary N) is 3. The molecular weight excluding hydrogens is 378 g/mol. The zero-order valence-corrected chi connectivity index (χ0v) is 16.5. The second-order valence-corrected chi connectivity index (χ2v) is 6.30. The summed E-state index contributed by atoms with van der Waals surface area (Å²) in [5, 5.41) is 8.79. The molecule has 8 heteroatoms. The Morgan fingerprint density at radius 1 is 1.10 bits per heavy atom. The molecule has 0 fully saturated rings. The molecule has 2 aromatic rings. The molecule has 0 unspecified atom stereocenters. The number of rotatable bonds is 9. The summed E-state index contributed by atoms with van der Waals surface area (Å²) >= 11 is 0. The number of carbonyl (C=O) groups is 1. The Morgan fingerprint density at radius 2 is 1.86 bits per heavy atom. The quantitative estimate of drug-likeness (QED) is 0.444. The van der Waals surface area contributed by atoms with E-state index >= 15 is 0 Å². The standard InChI is InChI=1S/C21H26F2N4O2/c1-3-24-21(27-14-19(28)25-12-16-7-5-4-6-8-16)26-13-17-11-15(2)9-10-18(17)29-20(22)23/h4-11,20H,3,12-14H2,1-2H3,(H,25,28)(H2,24,26,27). The van der Waals surface area contributed by atoms with Gasteiger partial charge in [-0.3, -0.25) is 4.79 Å². The van der Waals surface area contributed by atoms with Gasteiger partial charge in [0.25, 0.3) is 0 Å². The number of alkyl halides is 2. The summed E-state index contributed by atoms with van der Waals surface area (Å²) in [4.78, 5) is 16.4. The van der Waals surface area contributed by atoms with Crippen LogP contribution in [-0.4, -0.2) is 31.6 Å². The molecule has 2 aromatic carbocycles. The van der Waals surface area contributed by atoms with Crippen LogP contribution in [0.4, 0.5) is 8.78 Å². The van der Waals surface area contributed by atoms with Gasteiger partial charge in [-0.25, -0.2) is 4.99 Å². The van der Waals surface area contributed by atoms with Gasteiger partial charge in [-0.1, -0.05) is 48.0 Å². The fourth-order valence-corrected chi connectivity index (χ4v) is 2.57. The summed E-state index contributed by atoms with van der Waals surface area (Å²) in [6, 6.07) is 14.5. The fourth-order valence-electron chi connectivity index (χ4n) is 2.57. The van der Waals surface area contributed by atoms with Crippen LogP contribution in [-0.2, 0) is 17.9 Å². The van der Waals surface area contributed by atoms with Gasteiger partial charge in [0.2, 0.25) is 5.91 Å². The lowest BCUT2D eigenvalue weighted by Gasteiger charge is -2.13. The third kappa shape index (κ3) is 8.16. The van der Waals surface area contributed by atoms with Gasteiger partial charge in [0, 0.05) is 18.7 Å². The minimum atomic E-state index is -2.90. The van der Waals surface area contributed by atoms with Crippen molar-refractivity contribution in [3.63, 3.8) is 0 Å². The number of aryl methyl sites for hydroxylation is 1. The Balaban J connectivity index is 1.94. The Bertz CT molecular complexity index is 814. The van der Waals surface area contributed by atoms with E-state index in [1.807, 2.05) is 44.2 Å². The highest BCUT2D eigenvalue weighted by Gasteiger charge is 2.10. The van der Waals surface area contributed by atoms with Crippen LogP contribution in [0.5, 0.6) is 5.75 Å². The molecule has 0 radical (unpaired) electrons. The van der Waals surface area contributed by atoms with Crippen LogP contribution in [0.25, 0.3) is 0 Å². The molecule has 6 nitrogen and oxygen atoms in total. The summed E-state index contributed by atoms with van der Waals surface area (Å²) in [6.07, 6.45) is 0. The Hall–Kier alpha value is -3.16. The number of hydrogen-bond donors (Lipinski definition) is 3. The van der Waals surface area contributed by atoms with Gasteiger partial charge in [0.05, 0.1) is 13.1 Å². The van der Waals surface area contributed by atoms with Gasteiger partial charge in [-0.2, -0.15) is 8.78 Å². The number of guanidine groups is 1. The van der Waals surface area contributed by atoms with E-state index in [1.165, 1.54) is 6.07 Å². The van der Waals surface area contributed by atoms with Gasteiger partial charge in [0.1, 0.15) is 5.75 Å². The maximum absolute atomic E-state index is 12.6. The van der Waals surface area contributed by atoms with E-state index in [9.17, 15) is 13.6 Å². The fraction of sp³-hybridized carbons (Fsp3) is 0.333. The molecule has 0 heterocycles. The predicted molar refractivity (Wildman–Crippen MR) is 109 cm³/mol. The molecule has 156 valence electrons. The number of carbonyl (C=O) groups excluding carboxylic acids is 1. The number of nitrogens with zero attached hydrogens (tertiary/aromatic N) is 1. The van der Waals surface area contributed by atoms with Crippen LogP contribution in [0.2, 0.25) is 0 Å². The van der Waals surface area contributed by atoms with Crippen molar-refractivity contribution in [2.24, 2.45) is 4.99 Å². The second kappa shape index (κ2) is 11.6. The molecule has 0 aliphatic carbocycles. The normalized spacial score (nSPS) is 11.3. The highest BCUT2D eigenvalue weighted by molar-refractivity contribution is 5.86. The molecule has 0 aliphatic heterocycles. The third-order valence-electron chi connectivity index (χ3n) is 3.93. The number of ether oxygens (including phenoxy) is 1. The molecular formula is C21H26F2N4O2. The summed E-state index contributed by atoms with van der Waals surface area (Å²) in [5.74, 6) is 0.314. The molecule has 0 aliphatic rings. The van der Waals surface area contributed by atoms with E-state index in [4.69, 9.17) is 0 Å². The minimum Gasteiger partial charge on any atom is -0.434 e. The van der Waals surface area contributed by atoms with Crippen molar-refractivity contribution in [1.29, 1.82) is 0 Å². The van der Waals surface area contributed by atoms with Crippen molar-refractivity contribution >= 4 is 11.9 Å². The number of benzene rings is 2. The minimum absolute atomic E-state index is 0.0346. The molecule has 0 spiro atoms. The predicted octanol–water partition coefficient (Wildman–Crippen LogP) is 2.97. The molecule has 0 atom stereocenters. The zero-order valence-electron chi connectivity index (χ0n) is 16.5. The van der Waals surface area contributed by atoms with E-state index < -0.39 is 6.61 Å². The second-order valence-electron chi connectivity index (χ2n) is 6.30. The lowest BCUT2D eigenvalue weighted by Crippen LogP contribution is -2.43. The number of aliphatic imine (C=N–C) groups is 1. The van der Waals surface area contributed by atoms with Crippen LogP contribution < -0.4 is 20.7 Å². The lowest BCUT2D eigenvalue weighted by atomic mass is 10.1. The largest absolute Gasteiger partial charge is 0.434 e. The number of halogens is 2. The summed E-state index contributed by atoms with van der Waals surface area (Å²) < 4.78 is 29.8. The van der Waals surface area contributed by atoms with Crippen LogP contribution in [0, 0.1) is 6.92 Å². The first-order chi connectivity index (χ1) is 14.0. The van der Waals surface area contributed by atoms with Crippen molar-refractivity contribution in [3.05, 3.63) is 65.2 Å². The van der Waals surface area contributed by atoms with Gasteiger partial charge < -0.3 is 20.7 Å². The van der Waals surface area contributed by atoms with Gasteiger partial charge in [-0.05, 0) is 25.5 Å². The van der Waals surface area contributed by atoms with Crippen molar-refractivity contribution in [2.75, 3.05) is 13.1 Å². The number of amides is 1. The summed E-state index contributed by atoms with van der Waals surface area (Å²) in [5.41, 5.74) is 2.46. The first-order valence-corrected chi connectivity index (χ1v) is 9.35. The monoisotopic (exact) mass is 404 g/mol. The average Bonchev–Trinajstić information content (AvgIpc) is 2.70. The highest BCUT2D eigenvalue weighted by Crippen LogP contribution is 2.22. The average molecular weight is 404 g/mol. The van der Waals surface area contributed by atoms with Crippen molar-refractivity contribution in [1.82, 2.24) is 16.0 Å². The van der Waals surface area contributed by atoms with Crippen molar-refractivity contribution in [2.45, 2.75) is 33.5 Å². The van der Waals surface area contributed by atoms with E-state index in [0.29, 0.717) is 24.6 Å². The van der Waals surface area contributed by atoms with Gasteiger partial charge >= 0.3 is 6.61 Å². The molecule has 0 saturated carbocycles. The van der Waals surface area contributed by atoms with Crippen LogP contribution in [0.1, 0.15) is 23.6 Å². The first-order valence-electron chi connectivity index (χ1n) is 9.35. The van der Waals surface area contributed by atoms with E-state index in [-0.39, 0.29) is 24.7 Å². The maximum Gasteiger partial charge on any atom is 0.387 e. The van der Waals surface area contributed by atoms with Crippen molar-refractivity contribution in [3.8, 4) is 5.75 Å². The van der Waals surface area contributed by atoms with Crippen LogP contribution in [0.15, 0.2) is 53.5 Å². The number of hydrogen-bond acceptors (Lipinski definition) is 3. The SMILES string of the molecule is CCNC(=NCc1cc(C)ccc1OC(F)F)NCC(=O)NCc1ccccc1. The maximum atomic E-state index is 12.6. The first kappa shape index (κ1) is 22.1. The molecule has 2 rings (SSSR count). The Labute approximate surface area is 169 Å². The Morgan fingerprint density at radius 3 is 2.55 bits per heavy atom. The lowest BCUT2D eigenvalue weighted by molar-refractivity contribution is -0.120. The third-order valence-corrected chi connectivity index (χ3v) is 3.93. The molecule has 3 N–H and O–H groups in total. The van der Waals surface area contributed by atoms with Gasteiger partial charge in [-0.15, -0.1) is 0 Å². The van der Waals surface area contributed by atoms with Crippen molar-refractivity contribution < 1.29 is 18.3 Å². The molecule has 0 bridgehead atoms. The Kier molecular flexibility index (Phi) is 8.88. The topological polar surface area (TPSA) is 74.8 Å². The van der Waals surface area contributed by atoms with Crippen LogP contribution in [0.3, 0.4) is 0 Å². The van der Waals surface area contributed by atoms with Crippen LogP contribution >= 0.6 is 0 Å². The van der Waals surface area contributed by atoms with E-state index in [2.05, 4.69) is 25.7 Å². The summed E-state index contributed by atoms with van der Waals surface area (Å²) in [6.45, 7) is 2.04. The van der Waals surface area contributed by atoms with Gasteiger partial charge in [0.15, 0.2) is 5.96 Å². The molecule has 1 amide bonds.